The topological polar surface area (TPSA) is 71.1 Å². The van der Waals surface area contributed by atoms with Gasteiger partial charge in [0.05, 0.1) is 24.4 Å². The Morgan fingerprint density at radius 1 is 1.22 bits per heavy atom. The number of rotatable bonds is 6. The van der Waals surface area contributed by atoms with Crippen LogP contribution in [0.25, 0.3) is 0 Å². The van der Waals surface area contributed by atoms with Crippen molar-refractivity contribution in [2.75, 3.05) is 39.9 Å². The molecule has 7 nitrogen and oxygen atoms in total. The lowest BCUT2D eigenvalue weighted by molar-refractivity contribution is -0.204. The van der Waals surface area contributed by atoms with Crippen molar-refractivity contribution in [1.29, 1.82) is 0 Å². The highest BCUT2D eigenvalue weighted by atomic mass is 19.4. The van der Waals surface area contributed by atoms with Crippen molar-refractivity contribution >= 4 is 5.91 Å². The summed E-state index contributed by atoms with van der Waals surface area (Å²) in [4.78, 5) is 19.9. The normalized spacial score (nSPS) is 42.9. The van der Waals surface area contributed by atoms with Crippen LogP contribution in [0, 0.1) is 35.5 Å². The van der Waals surface area contributed by atoms with Gasteiger partial charge in [-0.3, -0.25) is 9.69 Å². The standard InChI is InChI=1S/C27H46F3N5O2/c1-17(9-24-32-31-16-33(24)3)19-5-4-6-20(12-19)35-14-22-21(25(35)36)10-18(11-23(22)27(28,29)30)13-34-8-7-26(2,37)15-34/h17-24,31-32,37H,4-16H2,1-3H3/t17-,18?,19?,20?,21?,22?,23?,24?,26+/m1/s1. The van der Waals surface area contributed by atoms with Crippen LogP contribution in [-0.2, 0) is 4.79 Å². The monoisotopic (exact) mass is 529 g/mol. The zero-order chi connectivity index (χ0) is 26.5. The molecule has 5 rings (SSSR count). The van der Waals surface area contributed by atoms with E-state index >= 15 is 0 Å². The average Bonchev–Trinajstić information content (AvgIpc) is 3.50. The second-order valence-corrected chi connectivity index (χ2v) is 13.3. The molecule has 0 radical (unpaired) electrons. The maximum atomic E-state index is 14.3. The molecule has 10 heteroatoms. The summed E-state index contributed by atoms with van der Waals surface area (Å²) < 4.78 is 42.8. The second kappa shape index (κ2) is 10.6. The number of hydrogen-bond acceptors (Lipinski definition) is 6. The Balaban J connectivity index is 1.24. The number of fused-ring (bicyclic) bond motifs is 1. The number of hydrogen-bond donors (Lipinski definition) is 3. The van der Waals surface area contributed by atoms with Crippen LogP contribution in [0.5, 0.6) is 0 Å². The minimum atomic E-state index is -4.29. The van der Waals surface area contributed by atoms with E-state index in [9.17, 15) is 23.1 Å². The van der Waals surface area contributed by atoms with Crippen molar-refractivity contribution in [1.82, 2.24) is 25.6 Å². The molecule has 5 fully saturated rings. The fourth-order valence-corrected chi connectivity index (χ4v) is 8.22. The Bertz CT molecular complexity index is 826. The Hall–Kier alpha value is -0.940. The SMILES string of the molecule is C[C@H](CC1NNCN1C)C1CCCC(N2CC3C(CC(CN4CC[C@](C)(O)C4)CC3C(F)(F)F)C2=O)C1. The van der Waals surface area contributed by atoms with E-state index in [1.165, 1.54) is 0 Å². The van der Waals surface area contributed by atoms with E-state index in [1.54, 1.807) is 6.92 Å². The number of likely N-dealkylation sites (tertiary alicyclic amines) is 2. The maximum absolute atomic E-state index is 14.3. The minimum Gasteiger partial charge on any atom is -0.389 e. The van der Waals surface area contributed by atoms with Gasteiger partial charge in [-0.2, -0.15) is 13.2 Å². The Morgan fingerprint density at radius 3 is 2.65 bits per heavy atom. The summed E-state index contributed by atoms with van der Waals surface area (Å²) in [6.45, 7) is 6.90. The van der Waals surface area contributed by atoms with Gasteiger partial charge in [-0.1, -0.05) is 19.8 Å². The zero-order valence-corrected chi connectivity index (χ0v) is 22.6. The molecule has 3 heterocycles. The molecule has 9 atom stereocenters. The number of alkyl halides is 3. The molecule has 0 aromatic rings. The summed E-state index contributed by atoms with van der Waals surface area (Å²) >= 11 is 0. The summed E-state index contributed by atoms with van der Waals surface area (Å²) in [6, 6.07) is 0.0627. The fourth-order valence-electron chi connectivity index (χ4n) is 8.22. The van der Waals surface area contributed by atoms with Crippen molar-refractivity contribution in [3.8, 4) is 0 Å². The molecule has 5 aliphatic rings. The third-order valence-corrected chi connectivity index (χ3v) is 10.3. The van der Waals surface area contributed by atoms with Crippen LogP contribution in [0.15, 0.2) is 0 Å². The van der Waals surface area contributed by atoms with Gasteiger partial charge in [0.15, 0.2) is 0 Å². The number of carbonyl (C=O) groups excluding carboxylic acids is 1. The Labute approximate surface area is 219 Å². The summed E-state index contributed by atoms with van der Waals surface area (Å²) in [7, 11) is 2.09. The highest BCUT2D eigenvalue weighted by Crippen LogP contribution is 2.51. The van der Waals surface area contributed by atoms with Crippen LogP contribution < -0.4 is 10.9 Å². The Kier molecular flexibility index (Phi) is 7.88. The molecule has 3 saturated heterocycles. The highest BCUT2D eigenvalue weighted by molar-refractivity contribution is 5.82. The maximum Gasteiger partial charge on any atom is 0.392 e. The highest BCUT2D eigenvalue weighted by Gasteiger charge is 2.58. The van der Waals surface area contributed by atoms with E-state index in [0.29, 0.717) is 44.3 Å². The van der Waals surface area contributed by atoms with E-state index in [4.69, 9.17) is 0 Å². The van der Waals surface area contributed by atoms with Gasteiger partial charge in [-0.05, 0) is 76.2 Å². The lowest BCUT2D eigenvalue weighted by Crippen LogP contribution is -2.44. The molecule has 37 heavy (non-hydrogen) atoms. The lowest BCUT2D eigenvalue weighted by Gasteiger charge is -2.39. The quantitative estimate of drug-likeness (QED) is 0.492. The number of hydrazine groups is 1. The second-order valence-electron chi connectivity index (χ2n) is 13.3. The first-order chi connectivity index (χ1) is 17.4. The summed E-state index contributed by atoms with van der Waals surface area (Å²) in [6.07, 6.45) is 2.28. The number of aliphatic hydroxyl groups is 1. The summed E-state index contributed by atoms with van der Waals surface area (Å²) in [5, 5.41) is 10.3. The van der Waals surface area contributed by atoms with Crippen molar-refractivity contribution in [3.63, 3.8) is 0 Å². The van der Waals surface area contributed by atoms with E-state index in [0.717, 1.165) is 38.8 Å². The van der Waals surface area contributed by atoms with Crippen molar-refractivity contribution in [2.45, 2.75) is 89.2 Å². The lowest BCUT2D eigenvalue weighted by atomic mass is 9.68. The molecule has 0 aromatic carbocycles. The van der Waals surface area contributed by atoms with Crippen LogP contribution in [0.3, 0.4) is 0 Å². The van der Waals surface area contributed by atoms with Gasteiger partial charge in [0.1, 0.15) is 0 Å². The van der Waals surface area contributed by atoms with Gasteiger partial charge in [-0.25, -0.2) is 10.9 Å². The van der Waals surface area contributed by atoms with Crippen molar-refractivity contribution in [2.24, 2.45) is 35.5 Å². The number of halogens is 3. The predicted molar refractivity (Wildman–Crippen MR) is 135 cm³/mol. The number of nitrogens with one attached hydrogen (secondary N) is 2. The van der Waals surface area contributed by atoms with Crippen molar-refractivity contribution in [3.05, 3.63) is 0 Å². The third-order valence-electron chi connectivity index (χ3n) is 10.3. The number of β-amino-alcohol motifs (C(OH)–C–C–N with tert-alkyl or cyclic N) is 1. The van der Waals surface area contributed by atoms with E-state index < -0.39 is 29.5 Å². The smallest absolute Gasteiger partial charge is 0.389 e. The van der Waals surface area contributed by atoms with E-state index in [1.807, 2.05) is 4.90 Å². The number of nitrogens with zero attached hydrogens (tertiary/aromatic N) is 3. The van der Waals surface area contributed by atoms with Gasteiger partial charge in [0.25, 0.3) is 0 Å². The van der Waals surface area contributed by atoms with Crippen LogP contribution >= 0.6 is 0 Å². The molecule has 7 unspecified atom stereocenters. The van der Waals surface area contributed by atoms with Crippen molar-refractivity contribution < 1.29 is 23.1 Å². The molecule has 0 bridgehead atoms. The minimum absolute atomic E-state index is 0.0305. The molecule has 1 amide bonds. The molecule has 2 aliphatic carbocycles. The van der Waals surface area contributed by atoms with Gasteiger partial charge >= 0.3 is 6.18 Å². The fraction of sp³-hybridized carbons (Fsp3) is 0.963. The summed E-state index contributed by atoms with van der Waals surface area (Å²) in [5.41, 5.74) is 5.74. The first-order valence-corrected chi connectivity index (χ1v) is 14.4. The van der Waals surface area contributed by atoms with E-state index in [2.05, 4.69) is 34.6 Å². The molecule has 3 N–H and O–H groups in total. The molecule has 2 saturated carbocycles. The number of carbonyl (C=O) groups is 1. The first kappa shape index (κ1) is 27.6. The van der Waals surface area contributed by atoms with Crippen LogP contribution in [0.1, 0.15) is 65.2 Å². The van der Waals surface area contributed by atoms with Gasteiger partial charge in [-0.15, -0.1) is 0 Å². The predicted octanol–water partition coefficient (Wildman–Crippen LogP) is 3.01. The third kappa shape index (κ3) is 5.98. The average molecular weight is 530 g/mol. The molecular formula is C27H46F3N5O2. The zero-order valence-electron chi connectivity index (χ0n) is 22.6. The molecule has 0 aromatic heterocycles. The van der Waals surface area contributed by atoms with Crippen LogP contribution in [0.4, 0.5) is 13.2 Å². The molecular weight excluding hydrogens is 483 g/mol. The molecule has 0 spiro atoms. The largest absolute Gasteiger partial charge is 0.392 e. The van der Waals surface area contributed by atoms with Gasteiger partial charge < -0.3 is 14.9 Å². The van der Waals surface area contributed by atoms with E-state index in [-0.39, 0.29) is 37.0 Å². The molecule has 212 valence electrons. The summed E-state index contributed by atoms with van der Waals surface area (Å²) in [5.74, 6) is -1.78. The van der Waals surface area contributed by atoms with Crippen LogP contribution in [-0.4, -0.2) is 89.6 Å². The number of amides is 1. The Morgan fingerprint density at radius 2 is 2.00 bits per heavy atom. The first-order valence-electron chi connectivity index (χ1n) is 14.4. The van der Waals surface area contributed by atoms with Gasteiger partial charge in [0, 0.05) is 38.1 Å². The van der Waals surface area contributed by atoms with Crippen LogP contribution in [0.2, 0.25) is 0 Å². The van der Waals surface area contributed by atoms with Gasteiger partial charge in [0.2, 0.25) is 5.91 Å². The molecule has 3 aliphatic heterocycles.